The number of halogens is 1. The van der Waals surface area contributed by atoms with Gasteiger partial charge < -0.3 is 10.4 Å². The van der Waals surface area contributed by atoms with Crippen LogP contribution in [0.4, 0.5) is 4.39 Å². The first kappa shape index (κ1) is 19.4. The number of hydrogen-bond donors (Lipinski definition) is 2. The van der Waals surface area contributed by atoms with Crippen molar-refractivity contribution in [2.24, 2.45) is 5.92 Å². The Morgan fingerprint density at radius 2 is 2.08 bits per heavy atom. The standard InChI is InChI=1S/C19H27FN2O3/c1-14(22-12-2-3-16(13-22)6-9-18(23)24)19(25)21-11-10-15-4-7-17(20)8-5-15/h4-5,7-8,14,16H,2-3,6,9-13H2,1H3,(H,21,25)(H,23,24). The number of benzene rings is 1. The molecule has 6 heteroatoms. The zero-order valence-electron chi connectivity index (χ0n) is 14.7. The SMILES string of the molecule is CC(C(=O)NCCc1ccc(F)cc1)N1CCCC(CCC(=O)O)C1. The van der Waals surface area contributed by atoms with Gasteiger partial charge in [0.1, 0.15) is 5.82 Å². The highest BCUT2D eigenvalue weighted by Gasteiger charge is 2.27. The van der Waals surface area contributed by atoms with Crippen LogP contribution in [0.1, 0.15) is 38.2 Å². The third-order valence-corrected chi connectivity index (χ3v) is 4.87. The van der Waals surface area contributed by atoms with Gasteiger partial charge in [-0.1, -0.05) is 12.1 Å². The molecule has 1 heterocycles. The summed E-state index contributed by atoms with van der Waals surface area (Å²) in [6.45, 7) is 4.06. The van der Waals surface area contributed by atoms with Crippen molar-refractivity contribution in [1.82, 2.24) is 10.2 Å². The molecule has 1 aromatic carbocycles. The van der Waals surface area contributed by atoms with Crippen LogP contribution in [0.3, 0.4) is 0 Å². The van der Waals surface area contributed by atoms with E-state index in [1.54, 1.807) is 12.1 Å². The molecule has 2 unspecified atom stereocenters. The number of amides is 1. The first-order valence-electron chi connectivity index (χ1n) is 8.93. The number of carboxylic acid groups (broad SMARTS) is 1. The minimum absolute atomic E-state index is 0.0130. The van der Waals surface area contributed by atoms with Crippen LogP contribution in [0.15, 0.2) is 24.3 Å². The number of hydrogen-bond acceptors (Lipinski definition) is 3. The number of aliphatic carboxylic acids is 1. The molecule has 2 N–H and O–H groups in total. The fourth-order valence-electron chi connectivity index (χ4n) is 3.31. The normalized spacial score (nSPS) is 19.4. The number of nitrogens with zero attached hydrogens (tertiary/aromatic N) is 1. The molecule has 1 amide bonds. The average Bonchev–Trinajstić information content (AvgIpc) is 2.61. The third kappa shape index (κ3) is 6.46. The Morgan fingerprint density at radius 3 is 2.76 bits per heavy atom. The van der Waals surface area contributed by atoms with E-state index >= 15 is 0 Å². The molecule has 1 aliphatic rings. The lowest BCUT2D eigenvalue weighted by Gasteiger charge is -2.36. The molecule has 1 aromatic rings. The zero-order valence-corrected chi connectivity index (χ0v) is 14.7. The maximum Gasteiger partial charge on any atom is 0.303 e. The number of nitrogens with one attached hydrogen (secondary N) is 1. The van der Waals surface area contributed by atoms with Crippen molar-refractivity contribution in [3.8, 4) is 0 Å². The van der Waals surface area contributed by atoms with Crippen LogP contribution in [0.5, 0.6) is 0 Å². The summed E-state index contributed by atoms with van der Waals surface area (Å²) in [6.07, 6.45) is 3.56. The summed E-state index contributed by atoms with van der Waals surface area (Å²) in [5, 5.41) is 11.8. The van der Waals surface area contributed by atoms with Gasteiger partial charge in [-0.3, -0.25) is 14.5 Å². The van der Waals surface area contributed by atoms with Gasteiger partial charge >= 0.3 is 5.97 Å². The maximum absolute atomic E-state index is 12.9. The zero-order chi connectivity index (χ0) is 18.2. The van der Waals surface area contributed by atoms with Gasteiger partial charge in [0.25, 0.3) is 0 Å². The molecule has 2 rings (SSSR count). The largest absolute Gasteiger partial charge is 0.481 e. The van der Waals surface area contributed by atoms with Gasteiger partial charge in [0.05, 0.1) is 6.04 Å². The van der Waals surface area contributed by atoms with E-state index in [0.29, 0.717) is 25.3 Å². The molecule has 0 saturated carbocycles. The number of carboxylic acids is 1. The fraction of sp³-hybridized carbons (Fsp3) is 0.579. The van der Waals surface area contributed by atoms with Crippen LogP contribution in [0, 0.1) is 11.7 Å². The average molecular weight is 350 g/mol. The first-order valence-corrected chi connectivity index (χ1v) is 8.93. The van der Waals surface area contributed by atoms with Crippen molar-refractivity contribution in [2.75, 3.05) is 19.6 Å². The summed E-state index contributed by atoms with van der Waals surface area (Å²) in [6, 6.07) is 6.07. The molecule has 1 fully saturated rings. The van der Waals surface area contributed by atoms with Crippen LogP contribution in [-0.4, -0.2) is 47.6 Å². The van der Waals surface area contributed by atoms with E-state index < -0.39 is 5.97 Å². The highest BCUT2D eigenvalue weighted by atomic mass is 19.1. The van der Waals surface area contributed by atoms with Gasteiger partial charge in [-0.05, 0) is 62.8 Å². The van der Waals surface area contributed by atoms with Crippen LogP contribution in [0.25, 0.3) is 0 Å². The number of likely N-dealkylation sites (tertiary alicyclic amines) is 1. The van der Waals surface area contributed by atoms with Gasteiger partial charge in [-0.25, -0.2) is 4.39 Å². The summed E-state index contributed by atoms with van der Waals surface area (Å²) in [5.74, 6) is -0.687. The predicted octanol–water partition coefficient (Wildman–Crippen LogP) is 2.45. The molecule has 25 heavy (non-hydrogen) atoms. The van der Waals surface area contributed by atoms with Crippen molar-refractivity contribution in [2.45, 2.75) is 45.1 Å². The van der Waals surface area contributed by atoms with Gasteiger partial charge in [0, 0.05) is 19.5 Å². The van der Waals surface area contributed by atoms with E-state index in [4.69, 9.17) is 5.11 Å². The topological polar surface area (TPSA) is 69.6 Å². The molecule has 0 aliphatic carbocycles. The first-order chi connectivity index (χ1) is 12.0. The van der Waals surface area contributed by atoms with Crippen molar-refractivity contribution >= 4 is 11.9 Å². The van der Waals surface area contributed by atoms with Crippen LogP contribution >= 0.6 is 0 Å². The van der Waals surface area contributed by atoms with E-state index in [1.807, 2.05) is 6.92 Å². The van der Waals surface area contributed by atoms with Crippen molar-refractivity contribution in [3.05, 3.63) is 35.6 Å². The van der Waals surface area contributed by atoms with E-state index in [9.17, 15) is 14.0 Å². The minimum atomic E-state index is -0.760. The van der Waals surface area contributed by atoms with Gasteiger partial charge in [-0.2, -0.15) is 0 Å². The van der Waals surface area contributed by atoms with Crippen molar-refractivity contribution in [1.29, 1.82) is 0 Å². The lowest BCUT2D eigenvalue weighted by Crippen LogP contribution is -2.49. The van der Waals surface area contributed by atoms with Gasteiger partial charge in [-0.15, -0.1) is 0 Å². The quantitative estimate of drug-likeness (QED) is 0.756. The molecular formula is C19H27FN2O3. The van der Waals surface area contributed by atoms with E-state index in [2.05, 4.69) is 10.2 Å². The van der Waals surface area contributed by atoms with Gasteiger partial charge in [0.2, 0.25) is 5.91 Å². The van der Waals surface area contributed by atoms with Gasteiger partial charge in [0.15, 0.2) is 0 Å². The van der Waals surface area contributed by atoms with Crippen molar-refractivity contribution < 1.29 is 19.1 Å². The Kier molecular flexibility index (Phi) is 7.37. The minimum Gasteiger partial charge on any atom is -0.481 e. The Hall–Kier alpha value is -1.95. The predicted molar refractivity (Wildman–Crippen MR) is 93.7 cm³/mol. The second kappa shape index (κ2) is 9.51. The number of rotatable bonds is 8. The van der Waals surface area contributed by atoms with Crippen LogP contribution in [0.2, 0.25) is 0 Å². The number of carbonyl (C=O) groups is 2. The second-order valence-electron chi connectivity index (χ2n) is 6.78. The van der Waals surface area contributed by atoms with Crippen molar-refractivity contribution in [3.63, 3.8) is 0 Å². The summed E-state index contributed by atoms with van der Waals surface area (Å²) < 4.78 is 12.9. The second-order valence-corrected chi connectivity index (χ2v) is 6.78. The Bertz CT molecular complexity index is 577. The van der Waals surface area contributed by atoms with E-state index in [1.165, 1.54) is 12.1 Å². The molecule has 0 radical (unpaired) electrons. The lowest BCUT2D eigenvalue weighted by atomic mass is 9.92. The summed E-state index contributed by atoms with van der Waals surface area (Å²) in [5.41, 5.74) is 0.987. The molecule has 2 atom stereocenters. The Labute approximate surface area is 148 Å². The van der Waals surface area contributed by atoms with Crippen LogP contribution < -0.4 is 5.32 Å². The molecule has 1 saturated heterocycles. The third-order valence-electron chi connectivity index (χ3n) is 4.87. The molecule has 0 spiro atoms. The molecule has 0 bridgehead atoms. The molecule has 5 nitrogen and oxygen atoms in total. The molecule has 138 valence electrons. The highest BCUT2D eigenvalue weighted by Crippen LogP contribution is 2.22. The van der Waals surface area contributed by atoms with E-state index in [-0.39, 0.29) is 24.2 Å². The van der Waals surface area contributed by atoms with Crippen LogP contribution in [-0.2, 0) is 16.0 Å². The monoisotopic (exact) mass is 350 g/mol. The summed E-state index contributed by atoms with van der Waals surface area (Å²) >= 11 is 0. The smallest absolute Gasteiger partial charge is 0.303 e. The molecule has 1 aliphatic heterocycles. The molecule has 0 aromatic heterocycles. The highest BCUT2D eigenvalue weighted by molar-refractivity contribution is 5.81. The maximum atomic E-state index is 12.9. The number of piperidine rings is 1. The summed E-state index contributed by atoms with van der Waals surface area (Å²) in [4.78, 5) is 25.2. The summed E-state index contributed by atoms with van der Waals surface area (Å²) in [7, 11) is 0. The molecular weight excluding hydrogens is 323 g/mol. The Morgan fingerprint density at radius 1 is 1.36 bits per heavy atom. The lowest BCUT2D eigenvalue weighted by molar-refractivity contribution is -0.137. The Balaban J connectivity index is 1.74. The number of carbonyl (C=O) groups excluding carboxylic acids is 1. The fourth-order valence-corrected chi connectivity index (χ4v) is 3.31. The van der Waals surface area contributed by atoms with E-state index in [0.717, 1.165) is 31.5 Å².